The molecule has 4 atom stereocenters. The number of anilines is 1. The Morgan fingerprint density at radius 1 is 0.921 bits per heavy atom. The lowest BCUT2D eigenvalue weighted by Gasteiger charge is -2.32. The Hall–Kier alpha value is -3.81. The van der Waals surface area contributed by atoms with Crippen molar-refractivity contribution in [2.75, 3.05) is 4.90 Å². The summed E-state index contributed by atoms with van der Waals surface area (Å²) in [4.78, 5) is 48.6. The van der Waals surface area contributed by atoms with Crippen molar-refractivity contribution in [3.8, 4) is 5.69 Å². The highest BCUT2D eigenvalue weighted by Gasteiger charge is 2.69. The molecule has 0 aliphatic carbocycles. The summed E-state index contributed by atoms with van der Waals surface area (Å²) in [6.45, 7) is 4.20. The van der Waals surface area contributed by atoms with E-state index >= 15 is 0 Å². The molecule has 1 aromatic heterocycles. The van der Waals surface area contributed by atoms with Crippen molar-refractivity contribution in [1.29, 1.82) is 0 Å². The zero-order valence-corrected chi connectivity index (χ0v) is 21.6. The maximum Gasteiger partial charge on any atom is 0.266 e. The molecule has 2 saturated heterocycles. The summed E-state index contributed by atoms with van der Waals surface area (Å²) in [5.74, 6) is -1.32. The van der Waals surface area contributed by atoms with Crippen LogP contribution in [0.15, 0.2) is 77.6 Å². The van der Waals surface area contributed by atoms with Gasteiger partial charge >= 0.3 is 0 Å². The number of rotatable bonds is 3. The fraction of sp³-hybridized carbons (Fsp3) is 0.267. The third kappa shape index (κ3) is 2.88. The van der Waals surface area contributed by atoms with Gasteiger partial charge in [-0.05, 0) is 42.7 Å². The van der Waals surface area contributed by atoms with Gasteiger partial charge in [-0.1, -0.05) is 67.9 Å². The van der Waals surface area contributed by atoms with Gasteiger partial charge in [-0.3, -0.25) is 24.3 Å². The highest BCUT2D eigenvalue weighted by molar-refractivity contribution is 6.36. The first-order valence-corrected chi connectivity index (χ1v) is 13.2. The van der Waals surface area contributed by atoms with E-state index in [1.165, 1.54) is 4.90 Å². The molecule has 1 spiro atoms. The number of benzene rings is 3. The van der Waals surface area contributed by atoms with E-state index in [9.17, 15) is 14.4 Å². The van der Waals surface area contributed by atoms with E-state index in [0.717, 1.165) is 5.56 Å². The zero-order valence-electron chi connectivity index (χ0n) is 20.9. The number of carbonyl (C=O) groups is 2. The molecule has 0 unspecified atom stereocenters. The Morgan fingerprint density at radius 3 is 2.37 bits per heavy atom. The minimum atomic E-state index is -1.15. The van der Waals surface area contributed by atoms with Crippen LogP contribution in [0.4, 0.5) is 5.69 Å². The van der Waals surface area contributed by atoms with Gasteiger partial charge in [-0.2, -0.15) is 0 Å². The van der Waals surface area contributed by atoms with Crippen molar-refractivity contribution in [3.05, 3.63) is 99.6 Å². The van der Waals surface area contributed by atoms with E-state index in [4.69, 9.17) is 16.6 Å². The van der Waals surface area contributed by atoms with Crippen LogP contribution in [0.1, 0.15) is 31.7 Å². The second kappa shape index (κ2) is 8.09. The molecule has 3 aliphatic heterocycles. The van der Waals surface area contributed by atoms with Crippen molar-refractivity contribution in [1.82, 2.24) is 14.9 Å². The van der Waals surface area contributed by atoms with E-state index in [1.807, 2.05) is 42.5 Å². The third-order valence-electron chi connectivity index (χ3n) is 8.18. The minimum absolute atomic E-state index is 0.194. The number of fused-ring (bicyclic) bond motifs is 8. The number of para-hydroxylation sites is 3. The fourth-order valence-corrected chi connectivity index (χ4v) is 7.02. The van der Waals surface area contributed by atoms with Crippen LogP contribution in [0.2, 0.25) is 5.02 Å². The van der Waals surface area contributed by atoms with Gasteiger partial charge in [0.1, 0.15) is 11.4 Å². The van der Waals surface area contributed by atoms with Crippen LogP contribution in [0.25, 0.3) is 16.6 Å². The number of halogens is 1. The molecule has 0 radical (unpaired) electrons. The molecule has 0 bridgehead atoms. The number of hydrogen-bond donors (Lipinski definition) is 1. The average molecular weight is 525 g/mol. The second-order valence-electron chi connectivity index (χ2n) is 10.8. The molecular weight excluding hydrogens is 500 g/mol. The summed E-state index contributed by atoms with van der Waals surface area (Å²) in [6, 6.07) is 21.4. The first-order chi connectivity index (χ1) is 18.3. The van der Waals surface area contributed by atoms with Gasteiger partial charge in [0.25, 0.3) is 5.56 Å². The predicted octanol–water partition coefficient (Wildman–Crippen LogP) is 4.42. The van der Waals surface area contributed by atoms with Gasteiger partial charge in [0.05, 0.1) is 39.1 Å². The monoisotopic (exact) mass is 524 g/mol. The van der Waals surface area contributed by atoms with Crippen molar-refractivity contribution in [2.45, 2.75) is 31.8 Å². The maximum absolute atomic E-state index is 14.4. The number of aromatic nitrogens is 2. The molecule has 2 amide bonds. The molecule has 3 aliphatic rings. The topological polar surface area (TPSA) is 84.3 Å². The van der Waals surface area contributed by atoms with Gasteiger partial charge in [0.2, 0.25) is 11.8 Å². The van der Waals surface area contributed by atoms with Crippen LogP contribution in [-0.4, -0.2) is 27.4 Å². The lowest BCUT2D eigenvalue weighted by molar-refractivity contribution is -0.123. The third-order valence-corrected chi connectivity index (χ3v) is 8.50. The number of nitrogens with zero attached hydrogens (tertiary/aromatic N) is 3. The Labute approximate surface area is 224 Å². The lowest BCUT2D eigenvalue weighted by atomic mass is 9.75. The summed E-state index contributed by atoms with van der Waals surface area (Å²) < 4.78 is 1.62. The summed E-state index contributed by atoms with van der Waals surface area (Å²) in [5, 5.41) is 4.57. The lowest BCUT2D eigenvalue weighted by Crippen LogP contribution is -2.50. The zero-order chi connectivity index (χ0) is 26.3. The Balaban J connectivity index is 1.53. The van der Waals surface area contributed by atoms with Gasteiger partial charge in [-0.25, -0.2) is 9.88 Å². The van der Waals surface area contributed by atoms with Crippen LogP contribution >= 0.6 is 11.6 Å². The van der Waals surface area contributed by atoms with Crippen molar-refractivity contribution in [2.24, 2.45) is 17.8 Å². The van der Waals surface area contributed by atoms with Crippen molar-refractivity contribution < 1.29 is 9.59 Å². The fourth-order valence-electron chi connectivity index (χ4n) is 6.80. The van der Waals surface area contributed by atoms with Crippen LogP contribution < -0.4 is 15.8 Å². The van der Waals surface area contributed by atoms with Gasteiger partial charge in [-0.15, -0.1) is 0 Å². The second-order valence-corrected chi connectivity index (χ2v) is 11.2. The molecule has 38 heavy (non-hydrogen) atoms. The van der Waals surface area contributed by atoms with Crippen LogP contribution in [-0.2, 0) is 15.1 Å². The van der Waals surface area contributed by atoms with Crippen LogP contribution in [0.5, 0.6) is 0 Å². The highest BCUT2D eigenvalue weighted by Crippen LogP contribution is 2.56. The highest BCUT2D eigenvalue weighted by atomic mass is 35.5. The number of amides is 2. The van der Waals surface area contributed by atoms with Gasteiger partial charge in [0, 0.05) is 11.6 Å². The number of hydrogen-bond acceptors (Lipinski definition) is 5. The maximum atomic E-state index is 14.4. The largest absolute Gasteiger partial charge is 0.297 e. The van der Waals surface area contributed by atoms with E-state index in [2.05, 4.69) is 19.2 Å². The summed E-state index contributed by atoms with van der Waals surface area (Å²) in [5.41, 5.74) is 1.06. The van der Waals surface area contributed by atoms with E-state index in [0.29, 0.717) is 39.5 Å². The Morgan fingerprint density at radius 2 is 1.61 bits per heavy atom. The quantitative estimate of drug-likeness (QED) is 0.401. The minimum Gasteiger partial charge on any atom is -0.297 e. The molecule has 7 nitrogen and oxygen atoms in total. The smallest absolute Gasteiger partial charge is 0.266 e. The summed E-state index contributed by atoms with van der Waals surface area (Å²) in [6.07, 6.45) is 0.679. The molecule has 0 saturated carbocycles. The Kier molecular flexibility index (Phi) is 4.97. The molecule has 4 heterocycles. The molecule has 190 valence electrons. The summed E-state index contributed by atoms with van der Waals surface area (Å²) in [7, 11) is 0. The number of imide groups is 1. The Bertz CT molecular complexity index is 1730. The molecule has 4 aromatic rings. The van der Waals surface area contributed by atoms with Gasteiger partial charge in [0.15, 0.2) is 0 Å². The molecule has 8 heteroatoms. The molecule has 2 fully saturated rings. The van der Waals surface area contributed by atoms with Crippen LogP contribution in [0, 0.1) is 17.8 Å². The normalized spacial score (nSPS) is 25.5. The van der Waals surface area contributed by atoms with E-state index < -0.39 is 17.4 Å². The average Bonchev–Trinajstić information content (AvgIpc) is 3.48. The molecule has 1 N–H and O–H groups in total. The van der Waals surface area contributed by atoms with E-state index in [-0.39, 0.29) is 29.3 Å². The van der Waals surface area contributed by atoms with Gasteiger partial charge < -0.3 is 0 Å². The van der Waals surface area contributed by atoms with E-state index in [1.54, 1.807) is 34.9 Å². The molecule has 3 aromatic carbocycles. The first kappa shape index (κ1) is 23.3. The van der Waals surface area contributed by atoms with Crippen molar-refractivity contribution >= 4 is 40.0 Å². The van der Waals surface area contributed by atoms with Crippen LogP contribution in [0.3, 0.4) is 0 Å². The number of nitrogens with one attached hydrogen (secondary N) is 1. The molecule has 7 rings (SSSR count). The van der Waals surface area contributed by atoms with Crippen molar-refractivity contribution in [3.63, 3.8) is 0 Å². The SMILES string of the molecule is CC(C)C[C@H]1N[C@]2(c3ccccc3-n3c2nc2ccccc2c3=O)[C@H]2C(=O)N(c3ccccc3Cl)C(=O)[C@@H]12. The first-order valence-electron chi connectivity index (χ1n) is 12.9. The predicted molar refractivity (Wildman–Crippen MR) is 145 cm³/mol. The number of carbonyl (C=O) groups excluding carboxylic acids is 2. The molecular formula is C30H25ClN4O3. The summed E-state index contributed by atoms with van der Waals surface area (Å²) >= 11 is 6.49. The standard InChI is InChI=1S/C30H25ClN4O3/c1-16(2)15-21-24-25(28(38)34(27(24)37)23-14-8-5-11-19(23)31)30(33-21)18-10-4-7-13-22(18)35-26(36)17-9-3-6-12-20(17)32-29(30)35/h3-14,16,21,24-25,33H,15H2,1-2H3/t21-,24+,25-,30-/m1/s1.